The molecule has 0 bridgehead atoms. The average Bonchev–Trinajstić information content (AvgIpc) is 3.21. The van der Waals surface area contributed by atoms with Gasteiger partial charge in [0.15, 0.2) is 6.20 Å². The second kappa shape index (κ2) is 7.31. The number of fused-ring (bicyclic) bond motifs is 5. The summed E-state index contributed by atoms with van der Waals surface area (Å²) in [6.07, 6.45) is 2.22. The zero-order valence-corrected chi connectivity index (χ0v) is 19.4. The lowest BCUT2D eigenvalue weighted by Gasteiger charge is -2.11. The minimum Gasteiger partial charge on any atom is -0.455 e. The lowest BCUT2D eigenvalue weighted by Crippen LogP contribution is -2.31. The first-order valence-corrected chi connectivity index (χ1v) is 11.4. The molecule has 0 N–H and O–H groups in total. The Labute approximate surface area is 193 Å². The highest BCUT2D eigenvalue weighted by Gasteiger charge is 2.24. The number of rotatable bonds is 2. The molecule has 0 unspecified atom stereocenters. The third-order valence-corrected chi connectivity index (χ3v) is 6.84. The zero-order chi connectivity index (χ0) is 22.7. The molecular weight excluding hydrogens is 402 g/mol. The zero-order valence-electron chi connectivity index (χ0n) is 19.4. The van der Waals surface area contributed by atoms with Crippen LogP contribution in [-0.2, 0) is 7.05 Å². The molecule has 2 heteroatoms. The summed E-state index contributed by atoms with van der Waals surface area (Å²) < 4.78 is 8.85. The average molecular weight is 429 g/mol. The number of aromatic nitrogens is 1. The first-order valence-electron chi connectivity index (χ1n) is 11.4. The first-order chi connectivity index (χ1) is 16.0. The fourth-order valence-corrected chi connectivity index (χ4v) is 5.35. The second-order valence-electron chi connectivity index (χ2n) is 9.08. The van der Waals surface area contributed by atoms with Gasteiger partial charge in [0.05, 0.1) is 5.56 Å². The number of hydrogen-bond donors (Lipinski definition) is 0. The number of pyridine rings is 1. The van der Waals surface area contributed by atoms with E-state index >= 15 is 0 Å². The molecule has 6 rings (SSSR count). The quantitative estimate of drug-likeness (QED) is 0.257. The van der Waals surface area contributed by atoms with E-state index in [0.29, 0.717) is 0 Å². The molecule has 0 atom stereocenters. The lowest BCUT2D eigenvalue weighted by atomic mass is 9.93. The highest BCUT2D eigenvalue weighted by molar-refractivity contribution is 6.21. The van der Waals surface area contributed by atoms with Crippen molar-refractivity contribution in [2.75, 3.05) is 0 Å². The van der Waals surface area contributed by atoms with Crippen LogP contribution >= 0.6 is 0 Å². The van der Waals surface area contributed by atoms with Crippen molar-refractivity contribution in [2.45, 2.75) is 20.8 Å². The Balaban J connectivity index is 1.73. The second-order valence-corrected chi connectivity index (χ2v) is 9.08. The number of furan rings is 1. The summed E-state index contributed by atoms with van der Waals surface area (Å²) in [6.45, 7) is 6.56. The van der Waals surface area contributed by atoms with Crippen LogP contribution in [-0.4, -0.2) is 0 Å². The van der Waals surface area contributed by atoms with Crippen LogP contribution in [0.15, 0.2) is 89.5 Å². The van der Waals surface area contributed by atoms with Gasteiger partial charge in [-0.2, -0.15) is 0 Å². The third kappa shape index (κ3) is 2.98. The van der Waals surface area contributed by atoms with Crippen molar-refractivity contribution in [3.8, 4) is 22.4 Å². The van der Waals surface area contributed by atoms with Crippen LogP contribution in [0.2, 0.25) is 0 Å². The fraction of sp³-hybridized carbons (Fsp3) is 0.129. The number of aryl methyl sites for hydroxylation is 4. The molecule has 0 saturated heterocycles. The monoisotopic (exact) mass is 428 g/mol. The Kier molecular flexibility index (Phi) is 4.38. The predicted molar refractivity (Wildman–Crippen MR) is 137 cm³/mol. The molecular formula is C31H26NO+. The molecule has 0 aliphatic heterocycles. The molecule has 0 saturated carbocycles. The number of hydrogen-bond acceptors (Lipinski definition) is 1. The van der Waals surface area contributed by atoms with E-state index in [-0.39, 0.29) is 0 Å². The summed E-state index contributed by atoms with van der Waals surface area (Å²) >= 11 is 0. The molecule has 4 aromatic carbocycles. The van der Waals surface area contributed by atoms with Crippen molar-refractivity contribution in [1.29, 1.82) is 0 Å². The van der Waals surface area contributed by atoms with E-state index in [0.717, 1.165) is 22.4 Å². The lowest BCUT2D eigenvalue weighted by molar-refractivity contribution is -0.660. The van der Waals surface area contributed by atoms with Crippen molar-refractivity contribution < 1.29 is 8.98 Å². The maximum Gasteiger partial charge on any atom is 0.216 e. The number of nitrogens with zero attached hydrogens (tertiary/aromatic N) is 1. The van der Waals surface area contributed by atoms with Crippen LogP contribution in [0, 0.1) is 20.8 Å². The van der Waals surface area contributed by atoms with Gasteiger partial charge in [-0.3, -0.25) is 0 Å². The summed E-state index contributed by atoms with van der Waals surface area (Å²) in [4.78, 5) is 0. The van der Waals surface area contributed by atoms with Gasteiger partial charge in [0.2, 0.25) is 5.69 Å². The van der Waals surface area contributed by atoms with Crippen LogP contribution in [0.1, 0.15) is 16.7 Å². The topological polar surface area (TPSA) is 17.0 Å². The summed E-state index contributed by atoms with van der Waals surface area (Å²) in [6, 6.07) is 28.1. The van der Waals surface area contributed by atoms with Crippen molar-refractivity contribution in [3.63, 3.8) is 0 Å². The summed E-state index contributed by atoms with van der Waals surface area (Å²) in [7, 11) is 2.13. The van der Waals surface area contributed by atoms with E-state index in [4.69, 9.17) is 4.42 Å². The molecule has 33 heavy (non-hydrogen) atoms. The van der Waals surface area contributed by atoms with Crippen molar-refractivity contribution in [2.24, 2.45) is 7.05 Å². The molecule has 160 valence electrons. The van der Waals surface area contributed by atoms with Gasteiger partial charge in [0.25, 0.3) is 0 Å². The summed E-state index contributed by atoms with van der Waals surface area (Å²) in [5.74, 6) is 0. The van der Waals surface area contributed by atoms with E-state index in [2.05, 4.69) is 117 Å². The third-order valence-electron chi connectivity index (χ3n) is 6.84. The molecule has 0 amide bonds. The largest absolute Gasteiger partial charge is 0.455 e. The molecule has 6 aromatic rings. The summed E-state index contributed by atoms with van der Waals surface area (Å²) in [5.41, 5.74) is 10.4. The molecule has 0 aliphatic carbocycles. The fourth-order valence-electron chi connectivity index (χ4n) is 5.35. The summed E-state index contributed by atoms with van der Waals surface area (Å²) in [5, 5.41) is 4.90. The van der Waals surface area contributed by atoms with E-state index in [1.165, 1.54) is 49.4 Å². The van der Waals surface area contributed by atoms with Crippen LogP contribution in [0.4, 0.5) is 0 Å². The molecule has 0 spiro atoms. The Morgan fingerprint density at radius 1 is 0.697 bits per heavy atom. The standard InChI is InChI=1S/C31H26NO/c1-19-16-20(2)29-30-24-13-9-8-12-23(24)14-15-27(30)33-31(29)28(19)26-17-25(21(3)18-32(26)4)22-10-6-5-7-11-22/h5-18H,1-4H3/q+1. The van der Waals surface area contributed by atoms with Gasteiger partial charge >= 0.3 is 0 Å². The molecule has 0 aliphatic rings. The maximum atomic E-state index is 6.63. The van der Waals surface area contributed by atoms with E-state index in [9.17, 15) is 0 Å². The molecule has 2 heterocycles. The van der Waals surface area contributed by atoms with Crippen LogP contribution in [0.3, 0.4) is 0 Å². The Morgan fingerprint density at radius 3 is 2.27 bits per heavy atom. The van der Waals surface area contributed by atoms with E-state index in [1.54, 1.807) is 0 Å². The Hall–Kier alpha value is -3.91. The van der Waals surface area contributed by atoms with Crippen molar-refractivity contribution in [1.82, 2.24) is 0 Å². The van der Waals surface area contributed by atoms with Gasteiger partial charge in [0, 0.05) is 22.4 Å². The highest BCUT2D eigenvalue weighted by atomic mass is 16.3. The number of benzene rings is 4. The van der Waals surface area contributed by atoms with Gasteiger partial charge in [-0.1, -0.05) is 66.7 Å². The molecule has 0 radical (unpaired) electrons. The van der Waals surface area contributed by atoms with Gasteiger partial charge < -0.3 is 4.42 Å². The first kappa shape index (κ1) is 19.8. The molecule has 0 fully saturated rings. The van der Waals surface area contributed by atoms with Gasteiger partial charge in [-0.15, -0.1) is 0 Å². The van der Waals surface area contributed by atoms with Crippen LogP contribution in [0.5, 0.6) is 0 Å². The maximum absolute atomic E-state index is 6.63. The van der Waals surface area contributed by atoms with Crippen molar-refractivity contribution >= 4 is 32.7 Å². The Bertz CT molecular complexity index is 1690. The van der Waals surface area contributed by atoms with Gasteiger partial charge in [0.1, 0.15) is 18.2 Å². The van der Waals surface area contributed by atoms with Gasteiger partial charge in [-0.05, 0) is 59.9 Å². The SMILES string of the molecule is Cc1c[n+](C)c(-c2c(C)cc(C)c3c2oc2ccc4ccccc4c23)cc1-c1ccccc1. The minimum absolute atomic E-state index is 0.941. The Morgan fingerprint density at radius 2 is 1.45 bits per heavy atom. The van der Waals surface area contributed by atoms with Crippen LogP contribution < -0.4 is 4.57 Å². The smallest absolute Gasteiger partial charge is 0.216 e. The minimum atomic E-state index is 0.941. The van der Waals surface area contributed by atoms with Crippen molar-refractivity contribution in [3.05, 3.63) is 102 Å². The van der Waals surface area contributed by atoms with Gasteiger partial charge in [-0.25, -0.2) is 4.57 Å². The predicted octanol–water partition coefficient (Wildman–Crippen LogP) is 7.82. The van der Waals surface area contributed by atoms with Crippen LogP contribution in [0.25, 0.3) is 55.1 Å². The van der Waals surface area contributed by atoms with E-state index in [1.807, 2.05) is 0 Å². The molecule has 2 nitrogen and oxygen atoms in total. The van der Waals surface area contributed by atoms with E-state index < -0.39 is 0 Å². The molecule has 2 aromatic heterocycles. The highest BCUT2D eigenvalue weighted by Crippen LogP contribution is 2.42. The normalized spacial score (nSPS) is 11.6.